The molecule has 1 fully saturated rings. The van der Waals surface area contributed by atoms with E-state index >= 15 is 0 Å². The molecule has 1 aliphatic heterocycles. The van der Waals surface area contributed by atoms with Crippen molar-refractivity contribution < 1.29 is 4.79 Å². The minimum atomic E-state index is -0.240. The first-order chi connectivity index (χ1) is 11.2. The van der Waals surface area contributed by atoms with E-state index < -0.39 is 0 Å². The summed E-state index contributed by atoms with van der Waals surface area (Å²) < 4.78 is 0. The van der Waals surface area contributed by atoms with Crippen LogP contribution in [-0.2, 0) is 0 Å². The van der Waals surface area contributed by atoms with Gasteiger partial charge in [-0.15, -0.1) is 0 Å². The van der Waals surface area contributed by atoms with Crippen molar-refractivity contribution in [1.82, 2.24) is 9.80 Å². The number of carbonyl (C=O) groups excluding carboxylic acids is 1. The van der Waals surface area contributed by atoms with E-state index in [1.54, 1.807) is 11.3 Å². The van der Waals surface area contributed by atoms with Crippen LogP contribution in [0.2, 0.25) is 0 Å². The summed E-state index contributed by atoms with van der Waals surface area (Å²) in [5.41, 5.74) is 2.87. The molecular weight excluding hydrogens is 306 g/mol. The number of amides is 1. The van der Waals surface area contributed by atoms with Crippen LogP contribution in [0.4, 0.5) is 0 Å². The van der Waals surface area contributed by atoms with Crippen molar-refractivity contribution in [2.75, 3.05) is 26.2 Å². The first-order valence-corrected chi connectivity index (χ1v) is 8.65. The average Bonchev–Trinajstić information content (AvgIpc) is 3.02. The van der Waals surface area contributed by atoms with E-state index in [9.17, 15) is 10.1 Å². The Morgan fingerprint density at radius 1 is 1.17 bits per heavy atom. The minimum absolute atomic E-state index is 0.108. The molecule has 3 rings (SSSR count). The van der Waals surface area contributed by atoms with Gasteiger partial charge in [0.05, 0.1) is 11.6 Å². The van der Waals surface area contributed by atoms with Crippen LogP contribution in [0.3, 0.4) is 0 Å². The molecule has 0 spiro atoms. The number of aryl methyl sites for hydroxylation is 1. The first kappa shape index (κ1) is 15.7. The molecule has 1 aromatic heterocycles. The Bertz CT molecular complexity index is 711. The monoisotopic (exact) mass is 325 g/mol. The molecule has 1 saturated heterocycles. The smallest absolute Gasteiger partial charge is 0.255 e. The third-order valence-electron chi connectivity index (χ3n) is 4.29. The van der Waals surface area contributed by atoms with E-state index in [1.165, 1.54) is 0 Å². The summed E-state index contributed by atoms with van der Waals surface area (Å²) in [5, 5.41) is 13.4. The summed E-state index contributed by atoms with van der Waals surface area (Å²) in [5.74, 6) is 0.108. The molecule has 1 unspecified atom stereocenters. The highest BCUT2D eigenvalue weighted by atomic mass is 32.1. The topological polar surface area (TPSA) is 47.3 Å². The number of piperazine rings is 1. The maximum absolute atomic E-state index is 12.5. The lowest BCUT2D eigenvalue weighted by Gasteiger charge is -2.37. The summed E-state index contributed by atoms with van der Waals surface area (Å²) in [4.78, 5) is 16.6. The maximum Gasteiger partial charge on any atom is 0.255 e. The molecule has 4 nitrogen and oxygen atoms in total. The van der Waals surface area contributed by atoms with Crippen molar-refractivity contribution in [3.05, 3.63) is 57.8 Å². The molecule has 0 bridgehead atoms. The van der Waals surface area contributed by atoms with Crippen LogP contribution in [0, 0.1) is 18.3 Å². The molecule has 1 atom stereocenters. The van der Waals surface area contributed by atoms with Crippen LogP contribution in [0.5, 0.6) is 0 Å². The molecular formula is C18H19N3OS. The Morgan fingerprint density at radius 3 is 2.43 bits per heavy atom. The van der Waals surface area contributed by atoms with Gasteiger partial charge in [0.25, 0.3) is 5.91 Å². The quantitative estimate of drug-likeness (QED) is 0.871. The number of hydrogen-bond acceptors (Lipinski definition) is 4. The number of nitrogens with zero attached hydrogens (tertiary/aromatic N) is 3. The zero-order chi connectivity index (χ0) is 16.2. The highest BCUT2D eigenvalue weighted by Gasteiger charge is 2.28. The van der Waals surface area contributed by atoms with Gasteiger partial charge in [-0.1, -0.05) is 30.3 Å². The van der Waals surface area contributed by atoms with Crippen LogP contribution in [0.25, 0.3) is 0 Å². The molecule has 0 radical (unpaired) electrons. The highest BCUT2D eigenvalue weighted by molar-refractivity contribution is 7.08. The van der Waals surface area contributed by atoms with E-state index in [-0.39, 0.29) is 11.9 Å². The van der Waals surface area contributed by atoms with E-state index in [0.717, 1.165) is 29.8 Å². The second-order valence-electron chi connectivity index (χ2n) is 5.74. The lowest BCUT2D eigenvalue weighted by Crippen LogP contribution is -2.49. The predicted molar refractivity (Wildman–Crippen MR) is 91.3 cm³/mol. The lowest BCUT2D eigenvalue weighted by molar-refractivity contribution is 0.0606. The zero-order valence-electron chi connectivity index (χ0n) is 13.1. The van der Waals surface area contributed by atoms with Crippen molar-refractivity contribution in [3.63, 3.8) is 0 Å². The number of benzene rings is 1. The van der Waals surface area contributed by atoms with Gasteiger partial charge >= 0.3 is 0 Å². The SMILES string of the molecule is Cc1cscc1C(=O)N1CCN(C(C#N)c2ccccc2)CC1. The van der Waals surface area contributed by atoms with Gasteiger partial charge in [0.2, 0.25) is 0 Å². The second-order valence-corrected chi connectivity index (χ2v) is 6.48. The van der Waals surface area contributed by atoms with Gasteiger partial charge in [-0.25, -0.2) is 0 Å². The van der Waals surface area contributed by atoms with Gasteiger partial charge in [-0.05, 0) is 23.4 Å². The van der Waals surface area contributed by atoms with Crippen LogP contribution in [-0.4, -0.2) is 41.9 Å². The minimum Gasteiger partial charge on any atom is -0.336 e. The number of carbonyl (C=O) groups is 1. The van der Waals surface area contributed by atoms with Gasteiger partial charge in [0.15, 0.2) is 0 Å². The van der Waals surface area contributed by atoms with Crippen molar-refractivity contribution in [2.24, 2.45) is 0 Å². The van der Waals surface area contributed by atoms with E-state index in [0.29, 0.717) is 13.1 Å². The molecule has 1 aromatic carbocycles. The Balaban J connectivity index is 1.65. The van der Waals surface area contributed by atoms with Crippen LogP contribution < -0.4 is 0 Å². The fourth-order valence-corrected chi connectivity index (χ4v) is 3.76. The summed E-state index contributed by atoms with van der Waals surface area (Å²) in [7, 11) is 0. The Kier molecular flexibility index (Phi) is 4.75. The van der Waals surface area contributed by atoms with Crippen molar-refractivity contribution >= 4 is 17.2 Å². The van der Waals surface area contributed by atoms with Gasteiger partial charge in [0, 0.05) is 31.6 Å². The number of hydrogen-bond donors (Lipinski definition) is 0. The highest BCUT2D eigenvalue weighted by Crippen LogP contribution is 2.23. The molecule has 5 heteroatoms. The van der Waals surface area contributed by atoms with E-state index in [2.05, 4.69) is 11.0 Å². The Morgan fingerprint density at radius 2 is 1.87 bits per heavy atom. The van der Waals surface area contributed by atoms with Crippen molar-refractivity contribution in [2.45, 2.75) is 13.0 Å². The van der Waals surface area contributed by atoms with Gasteiger partial charge in [0.1, 0.15) is 6.04 Å². The molecule has 2 heterocycles. The zero-order valence-corrected chi connectivity index (χ0v) is 13.9. The summed E-state index contributed by atoms with van der Waals surface area (Å²) in [6, 6.07) is 12.0. The summed E-state index contributed by atoms with van der Waals surface area (Å²) >= 11 is 1.56. The predicted octanol–water partition coefficient (Wildman–Crippen LogP) is 3.08. The lowest BCUT2D eigenvalue weighted by atomic mass is 10.1. The maximum atomic E-state index is 12.5. The Labute approximate surface area is 140 Å². The normalized spacial score (nSPS) is 16.8. The molecule has 118 valence electrons. The number of rotatable bonds is 3. The van der Waals surface area contributed by atoms with Gasteiger partial charge in [-0.2, -0.15) is 16.6 Å². The second kappa shape index (κ2) is 6.95. The third kappa shape index (κ3) is 3.29. The Hall–Kier alpha value is -2.16. The molecule has 1 aliphatic rings. The molecule has 23 heavy (non-hydrogen) atoms. The summed E-state index contributed by atoms with van der Waals surface area (Å²) in [6.07, 6.45) is 0. The van der Waals surface area contributed by atoms with E-state index in [4.69, 9.17) is 0 Å². The molecule has 0 aliphatic carbocycles. The largest absolute Gasteiger partial charge is 0.336 e. The van der Waals surface area contributed by atoms with Crippen LogP contribution >= 0.6 is 11.3 Å². The first-order valence-electron chi connectivity index (χ1n) is 7.71. The molecule has 0 N–H and O–H groups in total. The van der Waals surface area contributed by atoms with Crippen molar-refractivity contribution in [3.8, 4) is 6.07 Å². The van der Waals surface area contributed by atoms with Crippen LogP contribution in [0.15, 0.2) is 41.1 Å². The standard InChI is InChI=1S/C18H19N3OS/c1-14-12-23-13-16(14)18(22)21-9-7-20(8-10-21)17(11-19)15-5-3-2-4-6-15/h2-6,12-13,17H,7-10H2,1H3. The average molecular weight is 325 g/mol. The number of nitriles is 1. The molecule has 0 saturated carbocycles. The van der Waals surface area contributed by atoms with Crippen LogP contribution in [0.1, 0.15) is 27.5 Å². The molecule has 2 aromatic rings. The number of thiophene rings is 1. The van der Waals surface area contributed by atoms with E-state index in [1.807, 2.05) is 52.9 Å². The fourth-order valence-electron chi connectivity index (χ4n) is 2.94. The third-order valence-corrected chi connectivity index (χ3v) is 5.15. The fraction of sp³-hybridized carbons (Fsp3) is 0.333. The van der Waals surface area contributed by atoms with Gasteiger partial charge < -0.3 is 4.90 Å². The molecule has 1 amide bonds. The van der Waals surface area contributed by atoms with Crippen molar-refractivity contribution in [1.29, 1.82) is 5.26 Å². The summed E-state index contributed by atoms with van der Waals surface area (Å²) in [6.45, 7) is 4.75. The van der Waals surface area contributed by atoms with Gasteiger partial charge in [-0.3, -0.25) is 9.69 Å².